The van der Waals surface area contributed by atoms with Crippen molar-refractivity contribution in [2.75, 3.05) is 233 Å². The number of oxime groups is 1. The first-order valence-corrected chi connectivity index (χ1v) is 37.9. The quantitative estimate of drug-likeness (QED) is 0.00785. The van der Waals surface area contributed by atoms with Gasteiger partial charge in [-0.1, -0.05) is 42.9 Å². The number of rotatable bonds is 48. The Morgan fingerprint density at radius 2 is 0.472 bits per heavy atom. The van der Waals surface area contributed by atoms with Gasteiger partial charge >= 0.3 is 71.6 Å². The third kappa shape index (κ3) is 38.1. The highest BCUT2D eigenvalue weighted by molar-refractivity contribution is 5.89. The Labute approximate surface area is 734 Å². The zero-order chi connectivity index (χ0) is 93.8. The molecular weight excluding hydrogens is 1670 g/mol. The Morgan fingerprint density at radius 1 is 0.291 bits per heavy atom. The maximum atomic E-state index is 12.1. The van der Waals surface area contributed by atoms with Crippen LogP contribution in [0.5, 0.6) is 34.5 Å². The molecule has 0 unspecified atom stereocenters. The van der Waals surface area contributed by atoms with Crippen LogP contribution in [-0.4, -0.2) is 298 Å². The summed E-state index contributed by atoms with van der Waals surface area (Å²) in [6.07, 6.45) is 1.82. The molecule has 0 atom stereocenters. The van der Waals surface area contributed by atoms with Crippen LogP contribution in [0.15, 0.2) is 114 Å². The Balaban J connectivity index is 0.000000636. The van der Waals surface area contributed by atoms with Gasteiger partial charge in [0.15, 0.2) is 0 Å². The van der Waals surface area contributed by atoms with Crippen LogP contribution in [0.1, 0.15) is 45.6 Å². The minimum Gasteiger partial charge on any atom is -0.488 e. The molecule has 0 spiro atoms. The van der Waals surface area contributed by atoms with E-state index in [4.69, 9.17) is 101 Å². The molecule has 0 aliphatic heterocycles. The van der Waals surface area contributed by atoms with Gasteiger partial charge in [0.05, 0.1) is 126 Å². The van der Waals surface area contributed by atoms with E-state index in [1.165, 1.54) is 133 Å². The van der Waals surface area contributed by atoms with Crippen LogP contribution in [0.25, 0.3) is 0 Å². The monoisotopic (exact) mass is 1790 g/mol. The number of aryl methyl sites for hydroxylation is 3. The van der Waals surface area contributed by atoms with E-state index in [0.29, 0.717) is 74.5 Å². The van der Waals surface area contributed by atoms with E-state index in [-0.39, 0.29) is 144 Å². The molecule has 42 nitrogen and oxygen atoms in total. The second-order valence-electron chi connectivity index (χ2n) is 25.9. The van der Waals surface area contributed by atoms with Gasteiger partial charge in [0.25, 0.3) is 0 Å². The first-order chi connectivity index (χ1) is 60.4. The Morgan fingerprint density at radius 3 is 0.669 bits per heavy atom. The Bertz CT molecular complexity index is 4500. The predicted molar refractivity (Wildman–Crippen MR) is 459 cm³/mol. The lowest BCUT2D eigenvalue weighted by atomic mass is 10.1. The fourth-order valence-electron chi connectivity index (χ4n) is 11.0. The zero-order valence-corrected chi connectivity index (χ0v) is 72.8. The van der Waals surface area contributed by atoms with Gasteiger partial charge in [0, 0.05) is 12.1 Å². The second-order valence-corrected chi connectivity index (χ2v) is 25.9. The molecule has 0 fully saturated rings. The molecule has 6 rings (SSSR count). The smallest absolute Gasteiger partial charge is 0.325 e. The van der Waals surface area contributed by atoms with Crippen LogP contribution >= 0.6 is 0 Å². The first-order valence-electron chi connectivity index (χ1n) is 37.9. The van der Waals surface area contributed by atoms with Crippen molar-refractivity contribution in [3.8, 4) is 34.5 Å². The molecular formula is C85H113N9O33. The van der Waals surface area contributed by atoms with Crippen LogP contribution in [0.2, 0.25) is 0 Å². The predicted octanol–water partition coefficient (Wildman–Crippen LogP) is 4.32. The van der Waals surface area contributed by atoms with E-state index in [1.807, 2.05) is 26.8 Å². The molecule has 0 saturated carbocycles. The van der Waals surface area contributed by atoms with E-state index in [0.717, 1.165) is 22.3 Å². The van der Waals surface area contributed by atoms with Crippen molar-refractivity contribution in [1.29, 1.82) is 0 Å². The number of hydrogen-bond donors (Lipinski definition) is 4. The highest BCUT2D eigenvalue weighted by Gasteiger charge is 2.28. The Hall–Kier alpha value is -14.4. The lowest BCUT2D eigenvalue weighted by molar-refractivity contribution is -0.141. The van der Waals surface area contributed by atoms with Gasteiger partial charge in [-0.3, -0.25) is 62.3 Å². The summed E-state index contributed by atoms with van der Waals surface area (Å²) in [6, 6.07) is 30.3. The van der Waals surface area contributed by atoms with Crippen LogP contribution < -0.4 is 69.5 Å². The number of anilines is 6. The molecule has 42 heteroatoms. The van der Waals surface area contributed by atoms with Crippen LogP contribution in [0.4, 0.5) is 34.1 Å². The number of benzene rings is 6. The summed E-state index contributed by atoms with van der Waals surface area (Å²) in [5.74, 6) is -1.31. The van der Waals surface area contributed by atoms with Crippen LogP contribution in [0.3, 0.4) is 0 Å². The molecule has 127 heavy (non-hydrogen) atoms. The van der Waals surface area contributed by atoms with Crippen LogP contribution in [0, 0.1) is 20.8 Å². The van der Waals surface area contributed by atoms with Gasteiger partial charge in [0.1, 0.15) is 159 Å². The summed E-state index contributed by atoms with van der Waals surface area (Å²) >= 11 is 0. The number of nitrogens with two attached hydrogens (primary N) is 2. The molecule has 6 aromatic rings. The van der Waals surface area contributed by atoms with Crippen molar-refractivity contribution >= 4 is 118 Å². The maximum Gasteiger partial charge on any atom is 0.325 e. The summed E-state index contributed by atoms with van der Waals surface area (Å²) < 4.78 is 93.1. The first kappa shape index (κ1) is 109. The molecule has 0 aliphatic rings. The minimum atomic E-state index is -0.599. The van der Waals surface area contributed by atoms with Gasteiger partial charge in [-0.15, -0.1) is 0 Å². The number of ether oxygens (including phenoxy) is 18. The third-order valence-corrected chi connectivity index (χ3v) is 17.3. The van der Waals surface area contributed by atoms with E-state index in [9.17, 15) is 62.3 Å². The van der Waals surface area contributed by atoms with Crippen molar-refractivity contribution in [3.05, 3.63) is 143 Å². The van der Waals surface area contributed by atoms with Crippen LogP contribution in [-0.2, 0) is 121 Å². The average Bonchev–Trinajstić information content (AvgIpc) is 0.852. The third-order valence-electron chi connectivity index (χ3n) is 17.3. The molecule has 696 valence electrons. The number of methoxy groups -OCH3 is 12. The van der Waals surface area contributed by atoms with Crippen molar-refractivity contribution in [1.82, 2.24) is 0 Å². The highest BCUT2D eigenvalue weighted by Crippen LogP contribution is 2.36. The number of hydrogen-bond acceptors (Lipinski definition) is 42. The average molecular weight is 1790 g/mol. The molecule has 0 bridgehead atoms. The number of nitrogens with zero attached hydrogens (tertiary/aromatic N) is 7. The molecule has 6 N–H and O–H groups in total. The number of carbonyl (C=O) groups is 13. The summed E-state index contributed by atoms with van der Waals surface area (Å²) in [5, 5.41) is 18.5. The van der Waals surface area contributed by atoms with E-state index in [1.54, 1.807) is 91.0 Å². The van der Waals surface area contributed by atoms with Gasteiger partial charge in [-0.05, 0) is 127 Å². The van der Waals surface area contributed by atoms with E-state index >= 15 is 0 Å². The Kier molecular flexibility index (Phi) is 50.8. The van der Waals surface area contributed by atoms with E-state index < -0.39 is 71.6 Å². The molecule has 0 saturated heterocycles. The SMILES string of the molecule is C.COC(=O)CN(CC(=O)OC)c1ccc(C)cc1OCCOc1cc(/C=N\O)ccc1N(CC(=O)OC)CC(=O)OC.COC(=O)CN(CC(=O)OC)c1ccc(C)cc1OCCOc1cc(C=O)ccc1N(CC(=O)OC)CC(=O)OC.COC(=O)CN(CC(=O)OC)c1ccc(C)cc1OCCOc1cc(CN)ccc1N(CC(=O)OC)CC(=O)OC.NO. The fourth-order valence-corrected chi connectivity index (χ4v) is 11.0. The summed E-state index contributed by atoms with van der Waals surface area (Å²) in [7, 11) is 14.9. The number of aldehydes is 1. The standard InChI is InChI=1S/C28H35N3O11.C28H37N3O10.C28H34N2O11.CH4.H3NO/c1-19-6-8-21(30(15-25(32)37-2)16-26(33)38-3)23(12-19)41-10-11-42-24-13-20(14-29-36)7-9-22(24)31(17-27(34)39-4)18-28(35)40-5;1-19-6-8-21(30(15-25(32)36-2)16-26(33)37-3)23(12-19)40-10-11-41-24-13-20(14-29)7-9-22(24)31(17-27(34)38-4)18-28(35)39-5;1-19-6-8-21(29(14-25(32)36-2)15-26(33)37-3)23(12-19)40-10-11-41-24-13-20(18-31)7-9-22(24)30(16-27(34)38-4)17-28(35)39-5;;1-2/h6-9,12-14,36H,10-11,15-18H2,1-5H3;6-9,12-13H,10-11,14-18,29H2,1-5H3;6-9,12-13,18H,10-11,14-17H2,1-5H3;1H4;2H,1H2/b29-14-;;;;. The summed E-state index contributed by atoms with van der Waals surface area (Å²) in [5.41, 5.74) is 12.6. The van der Waals surface area contributed by atoms with Crippen molar-refractivity contribution in [2.45, 2.75) is 34.7 Å². The molecule has 0 aliphatic carbocycles. The number of esters is 12. The van der Waals surface area contributed by atoms with Crippen molar-refractivity contribution < 1.29 is 158 Å². The largest absolute Gasteiger partial charge is 0.488 e. The van der Waals surface area contributed by atoms with Crippen molar-refractivity contribution in [3.63, 3.8) is 0 Å². The fraction of sp³-hybridized carbons (Fsp3) is 0.412. The molecule has 6 aromatic carbocycles. The zero-order valence-electron chi connectivity index (χ0n) is 72.8. The van der Waals surface area contributed by atoms with E-state index in [2.05, 4.69) is 11.1 Å². The normalized spacial score (nSPS) is 10.1. The molecule has 0 heterocycles. The molecule has 0 amide bonds. The van der Waals surface area contributed by atoms with Gasteiger partial charge in [0.2, 0.25) is 0 Å². The minimum absolute atomic E-state index is 0. The van der Waals surface area contributed by atoms with Gasteiger partial charge in [-0.25, -0.2) is 5.90 Å². The topological polar surface area (TPSA) is 512 Å². The molecule has 0 aromatic heterocycles. The van der Waals surface area contributed by atoms with Gasteiger partial charge in [-0.2, -0.15) is 0 Å². The van der Waals surface area contributed by atoms with Gasteiger partial charge < -0.3 is 131 Å². The number of carbonyl (C=O) groups excluding carboxylic acids is 13. The second kappa shape index (κ2) is 59.4. The summed E-state index contributed by atoms with van der Waals surface area (Å²) in [4.78, 5) is 165. The maximum absolute atomic E-state index is 12.1. The highest BCUT2D eigenvalue weighted by atomic mass is 16.6. The summed E-state index contributed by atoms with van der Waals surface area (Å²) in [6.45, 7) is 3.16. The lowest BCUT2D eigenvalue weighted by Gasteiger charge is -2.26. The lowest BCUT2D eigenvalue weighted by Crippen LogP contribution is -2.36. The van der Waals surface area contributed by atoms with Crippen molar-refractivity contribution in [2.24, 2.45) is 16.8 Å². The molecule has 0 radical (unpaired) electrons.